The van der Waals surface area contributed by atoms with Gasteiger partial charge in [0.25, 0.3) is 0 Å². The number of rotatable bonds is 5. The van der Waals surface area contributed by atoms with Crippen LogP contribution in [0.25, 0.3) is 0 Å². The molecule has 0 saturated heterocycles. The second kappa shape index (κ2) is 5.95. The number of hydrogen-bond donors (Lipinski definition) is 2. The number of hydrogen-bond acceptors (Lipinski definition) is 5. The third-order valence-corrected chi connectivity index (χ3v) is 6.95. The Kier molecular flexibility index (Phi) is 4.66. The van der Waals surface area contributed by atoms with Crippen LogP contribution in [-0.4, -0.2) is 8.42 Å². The summed E-state index contributed by atoms with van der Waals surface area (Å²) in [5.74, 6) is 0. The number of nitrogens with two attached hydrogens (primary N) is 1. The minimum Gasteiger partial charge on any atom is -0.326 e. The largest absolute Gasteiger partial charge is 0.326 e. The van der Waals surface area contributed by atoms with Gasteiger partial charge in [-0.3, -0.25) is 0 Å². The summed E-state index contributed by atoms with van der Waals surface area (Å²) in [6, 6.07) is 3.68. The van der Waals surface area contributed by atoms with Gasteiger partial charge in [-0.2, -0.15) is 0 Å². The van der Waals surface area contributed by atoms with Gasteiger partial charge in [-0.25, -0.2) is 13.1 Å². The maximum Gasteiger partial charge on any atom is 0.242 e. The van der Waals surface area contributed by atoms with Crippen LogP contribution < -0.4 is 10.5 Å². The van der Waals surface area contributed by atoms with E-state index < -0.39 is 10.0 Å². The van der Waals surface area contributed by atoms with Crippen molar-refractivity contribution in [3.05, 3.63) is 37.2 Å². The Morgan fingerprint density at radius 3 is 2.25 bits per heavy atom. The molecule has 0 bridgehead atoms. The highest BCUT2D eigenvalue weighted by molar-refractivity contribution is 7.89. The van der Waals surface area contributed by atoms with E-state index in [1.54, 1.807) is 24.3 Å². The van der Waals surface area contributed by atoms with Crippen LogP contribution in [0, 0.1) is 20.8 Å². The Bertz CT molecular complexity index is 695. The smallest absolute Gasteiger partial charge is 0.242 e. The quantitative estimate of drug-likeness (QED) is 0.885. The van der Waals surface area contributed by atoms with E-state index in [4.69, 9.17) is 5.73 Å². The number of nitrogens with one attached hydrogen (secondary N) is 1. The predicted molar refractivity (Wildman–Crippen MR) is 84.8 cm³/mol. The molecule has 4 nitrogen and oxygen atoms in total. The van der Waals surface area contributed by atoms with Gasteiger partial charge in [-0.1, -0.05) is 0 Å². The van der Waals surface area contributed by atoms with Crippen LogP contribution in [0.1, 0.15) is 25.1 Å². The van der Waals surface area contributed by atoms with Crippen LogP contribution in [0.3, 0.4) is 0 Å². The highest BCUT2D eigenvalue weighted by Gasteiger charge is 2.19. The first-order chi connectivity index (χ1) is 9.33. The fraction of sp³-hybridized carbons (Fsp3) is 0.385. The van der Waals surface area contributed by atoms with Crippen molar-refractivity contribution in [2.45, 2.75) is 38.8 Å². The summed E-state index contributed by atoms with van der Waals surface area (Å²) < 4.78 is 27.3. The maximum absolute atomic E-state index is 12.3. The summed E-state index contributed by atoms with van der Waals surface area (Å²) in [5.41, 5.74) is 6.75. The van der Waals surface area contributed by atoms with Gasteiger partial charge in [-0.05, 0) is 38.5 Å². The highest BCUT2D eigenvalue weighted by Crippen LogP contribution is 2.26. The van der Waals surface area contributed by atoms with Crippen molar-refractivity contribution in [1.82, 2.24) is 4.72 Å². The summed E-state index contributed by atoms with van der Waals surface area (Å²) >= 11 is 3.05. The molecule has 0 radical (unpaired) electrons. The molecule has 0 fully saturated rings. The molecule has 0 spiro atoms. The van der Waals surface area contributed by atoms with E-state index in [2.05, 4.69) is 4.72 Å². The summed E-state index contributed by atoms with van der Waals surface area (Å²) in [7, 11) is -3.47. The SMILES string of the molecule is Cc1cc(CNS(=O)(=O)c2cc(CN)sc2C)sc1C. The van der Waals surface area contributed by atoms with Crippen molar-refractivity contribution in [2.75, 3.05) is 0 Å². The van der Waals surface area contributed by atoms with E-state index in [-0.39, 0.29) is 0 Å². The van der Waals surface area contributed by atoms with E-state index in [1.807, 2.05) is 19.9 Å². The molecule has 0 atom stereocenters. The Morgan fingerprint density at radius 1 is 1.10 bits per heavy atom. The van der Waals surface area contributed by atoms with Crippen molar-refractivity contribution in [3.63, 3.8) is 0 Å². The van der Waals surface area contributed by atoms with E-state index in [9.17, 15) is 8.42 Å². The Morgan fingerprint density at radius 2 is 1.75 bits per heavy atom. The van der Waals surface area contributed by atoms with Crippen LogP contribution in [0.5, 0.6) is 0 Å². The monoisotopic (exact) mass is 330 g/mol. The molecule has 0 amide bonds. The Hall–Kier alpha value is -0.730. The van der Waals surface area contributed by atoms with Gasteiger partial charge >= 0.3 is 0 Å². The summed E-state index contributed by atoms with van der Waals surface area (Å²) in [5, 5.41) is 0. The molecule has 20 heavy (non-hydrogen) atoms. The molecular formula is C13H18N2O2S3. The van der Waals surface area contributed by atoms with Crippen LogP contribution in [0.15, 0.2) is 17.0 Å². The Labute approximate surface area is 127 Å². The molecule has 0 aromatic carbocycles. The normalized spacial score (nSPS) is 12.0. The first-order valence-corrected chi connectivity index (χ1v) is 9.30. The molecule has 0 aliphatic heterocycles. The second-order valence-corrected chi connectivity index (χ2v) is 9.03. The van der Waals surface area contributed by atoms with E-state index >= 15 is 0 Å². The van der Waals surface area contributed by atoms with Gasteiger partial charge in [-0.15, -0.1) is 22.7 Å². The van der Waals surface area contributed by atoms with Crippen LogP contribution in [0.4, 0.5) is 0 Å². The number of thiophene rings is 2. The fourth-order valence-electron chi connectivity index (χ4n) is 1.87. The summed E-state index contributed by atoms with van der Waals surface area (Å²) in [6.07, 6.45) is 0. The zero-order chi connectivity index (χ0) is 14.9. The second-order valence-electron chi connectivity index (χ2n) is 4.61. The van der Waals surface area contributed by atoms with Crippen molar-refractivity contribution in [2.24, 2.45) is 5.73 Å². The molecule has 0 aliphatic carbocycles. The topological polar surface area (TPSA) is 72.2 Å². The number of sulfonamides is 1. The van der Waals surface area contributed by atoms with Crippen LogP contribution in [0.2, 0.25) is 0 Å². The van der Waals surface area contributed by atoms with Gasteiger partial charge in [0.2, 0.25) is 10.0 Å². The van der Waals surface area contributed by atoms with E-state index in [1.165, 1.54) is 21.8 Å². The van der Waals surface area contributed by atoms with Gasteiger partial charge in [0.05, 0.1) is 4.90 Å². The van der Waals surface area contributed by atoms with E-state index in [0.717, 1.165) is 14.6 Å². The highest BCUT2D eigenvalue weighted by atomic mass is 32.2. The zero-order valence-corrected chi connectivity index (χ0v) is 14.1. The maximum atomic E-state index is 12.3. The molecule has 110 valence electrons. The van der Waals surface area contributed by atoms with Gasteiger partial charge in [0, 0.05) is 32.6 Å². The molecular weight excluding hydrogens is 312 g/mol. The van der Waals surface area contributed by atoms with Crippen molar-refractivity contribution >= 4 is 32.7 Å². The molecule has 2 rings (SSSR count). The first-order valence-electron chi connectivity index (χ1n) is 6.18. The molecule has 7 heteroatoms. The minimum atomic E-state index is -3.47. The van der Waals surface area contributed by atoms with Crippen molar-refractivity contribution in [3.8, 4) is 0 Å². The molecule has 2 aromatic heterocycles. The molecule has 0 saturated carbocycles. The zero-order valence-electron chi connectivity index (χ0n) is 11.7. The average molecular weight is 331 g/mol. The third-order valence-electron chi connectivity index (χ3n) is 3.07. The number of aryl methyl sites for hydroxylation is 3. The molecule has 0 unspecified atom stereocenters. The summed E-state index contributed by atoms with van der Waals surface area (Å²) in [6.45, 7) is 6.56. The Balaban J connectivity index is 2.16. The molecule has 0 aliphatic rings. The van der Waals surface area contributed by atoms with Crippen LogP contribution >= 0.6 is 22.7 Å². The lowest BCUT2D eigenvalue weighted by molar-refractivity contribution is 0.581. The standard InChI is InChI=1S/C13H18N2O2S3/c1-8-4-12(18-9(8)2)7-15-20(16,17)13-5-11(6-14)19-10(13)3/h4-5,15H,6-7,14H2,1-3H3. The van der Waals surface area contributed by atoms with Crippen LogP contribution in [-0.2, 0) is 23.1 Å². The van der Waals surface area contributed by atoms with Gasteiger partial charge in [0.15, 0.2) is 0 Å². The lowest BCUT2D eigenvalue weighted by atomic mass is 10.3. The van der Waals surface area contributed by atoms with Crippen molar-refractivity contribution in [1.29, 1.82) is 0 Å². The molecule has 2 heterocycles. The van der Waals surface area contributed by atoms with Crippen molar-refractivity contribution < 1.29 is 8.42 Å². The third kappa shape index (κ3) is 3.29. The summed E-state index contributed by atoms with van der Waals surface area (Å²) in [4.78, 5) is 4.24. The molecule has 2 aromatic rings. The first kappa shape index (κ1) is 15.7. The lowest BCUT2D eigenvalue weighted by Gasteiger charge is -2.04. The van der Waals surface area contributed by atoms with E-state index in [0.29, 0.717) is 18.0 Å². The lowest BCUT2D eigenvalue weighted by Crippen LogP contribution is -2.23. The average Bonchev–Trinajstić information content (AvgIpc) is 2.91. The minimum absolute atomic E-state index is 0.328. The molecule has 3 N–H and O–H groups in total. The predicted octanol–water partition coefficient (Wildman–Crippen LogP) is 2.67. The fourth-order valence-corrected chi connectivity index (χ4v) is 5.48. The van der Waals surface area contributed by atoms with Gasteiger partial charge < -0.3 is 5.73 Å². The van der Waals surface area contributed by atoms with Gasteiger partial charge in [0.1, 0.15) is 0 Å².